The van der Waals surface area contributed by atoms with Gasteiger partial charge >= 0.3 is 6.18 Å². The monoisotopic (exact) mass is 358 g/mol. The molecule has 138 valence electrons. The number of ether oxygens (including phenoxy) is 2. The van der Waals surface area contributed by atoms with Crippen LogP contribution < -0.4 is 20.1 Å². The molecule has 2 aliphatic heterocycles. The van der Waals surface area contributed by atoms with E-state index < -0.39 is 12.8 Å². The summed E-state index contributed by atoms with van der Waals surface area (Å²) < 4.78 is 46.9. The lowest BCUT2D eigenvalue weighted by atomic mass is 10.00. The van der Waals surface area contributed by atoms with Crippen LogP contribution in [0.1, 0.15) is 25.7 Å². The number of nitrogens with one attached hydrogen (secondary N) is 2. The van der Waals surface area contributed by atoms with Gasteiger partial charge in [-0.05, 0) is 37.8 Å². The highest BCUT2D eigenvalue weighted by Crippen LogP contribution is 2.29. The molecule has 2 aliphatic rings. The number of amides is 1. The van der Waals surface area contributed by atoms with E-state index in [0.29, 0.717) is 12.1 Å². The van der Waals surface area contributed by atoms with Crippen molar-refractivity contribution >= 4 is 5.91 Å². The minimum atomic E-state index is -4.43. The summed E-state index contributed by atoms with van der Waals surface area (Å²) in [6.45, 7) is -1.66. The Labute approximate surface area is 143 Å². The number of halogens is 3. The van der Waals surface area contributed by atoms with Crippen molar-refractivity contribution in [3.05, 3.63) is 24.3 Å². The zero-order valence-corrected chi connectivity index (χ0v) is 13.6. The molecule has 0 saturated carbocycles. The maximum atomic E-state index is 12.3. The van der Waals surface area contributed by atoms with Crippen LogP contribution in [0.15, 0.2) is 24.3 Å². The molecule has 2 saturated heterocycles. The number of hydrogen-bond donors (Lipinski definition) is 2. The summed E-state index contributed by atoms with van der Waals surface area (Å²) >= 11 is 0. The highest BCUT2D eigenvalue weighted by molar-refractivity contribution is 5.78. The van der Waals surface area contributed by atoms with Gasteiger partial charge in [0.2, 0.25) is 0 Å². The number of hydrogen-bond acceptors (Lipinski definition) is 4. The molecule has 25 heavy (non-hydrogen) atoms. The highest BCUT2D eigenvalue weighted by atomic mass is 19.4. The van der Waals surface area contributed by atoms with Crippen LogP contribution in [0, 0.1) is 0 Å². The number of fused-ring (bicyclic) bond motifs is 2. The Hall–Kier alpha value is -1.96. The third-order valence-corrected chi connectivity index (χ3v) is 4.44. The first-order valence-electron chi connectivity index (χ1n) is 8.36. The quantitative estimate of drug-likeness (QED) is 0.820. The first-order valence-corrected chi connectivity index (χ1v) is 8.36. The lowest BCUT2D eigenvalue weighted by Crippen LogP contribution is -2.48. The van der Waals surface area contributed by atoms with E-state index in [4.69, 9.17) is 9.47 Å². The molecule has 5 nitrogen and oxygen atoms in total. The molecule has 3 rings (SSSR count). The van der Waals surface area contributed by atoms with Crippen molar-refractivity contribution in [3.8, 4) is 11.5 Å². The Balaban J connectivity index is 1.48. The third kappa shape index (κ3) is 5.26. The second-order valence-corrected chi connectivity index (χ2v) is 6.51. The van der Waals surface area contributed by atoms with Gasteiger partial charge in [0, 0.05) is 18.1 Å². The normalized spacial score (nSPS) is 25.5. The molecule has 0 aromatic heterocycles. The van der Waals surface area contributed by atoms with E-state index in [1.165, 1.54) is 12.1 Å². The Morgan fingerprint density at radius 2 is 1.72 bits per heavy atom. The van der Waals surface area contributed by atoms with Crippen molar-refractivity contribution in [3.63, 3.8) is 0 Å². The molecule has 0 spiro atoms. The first kappa shape index (κ1) is 17.8. The minimum Gasteiger partial charge on any atom is -0.480 e. The average Bonchev–Trinajstić information content (AvgIpc) is 2.89. The highest BCUT2D eigenvalue weighted by Gasteiger charge is 2.34. The van der Waals surface area contributed by atoms with Crippen LogP contribution in [0.25, 0.3) is 0 Å². The van der Waals surface area contributed by atoms with Crippen molar-refractivity contribution in [1.82, 2.24) is 10.6 Å². The zero-order chi connectivity index (χ0) is 17.9. The molecule has 2 unspecified atom stereocenters. The molecule has 0 aliphatic carbocycles. The van der Waals surface area contributed by atoms with Gasteiger partial charge in [0.15, 0.2) is 24.7 Å². The molecule has 2 fully saturated rings. The van der Waals surface area contributed by atoms with Crippen molar-refractivity contribution in [2.75, 3.05) is 13.2 Å². The SMILES string of the molecule is O=C(COc1ccccc1OCC(F)(F)F)NC1CC2CCC(C1)N2. The smallest absolute Gasteiger partial charge is 0.422 e. The fourth-order valence-corrected chi connectivity index (χ4v) is 3.44. The van der Waals surface area contributed by atoms with Crippen LogP contribution >= 0.6 is 0 Å². The van der Waals surface area contributed by atoms with E-state index in [2.05, 4.69) is 10.6 Å². The van der Waals surface area contributed by atoms with E-state index in [1.54, 1.807) is 12.1 Å². The summed E-state index contributed by atoms with van der Waals surface area (Å²) in [5.41, 5.74) is 0. The van der Waals surface area contributed by atoms with E-state index >= 15 is 0 Å². The maximum Gasteiger partial charge on any atom is 0.422 e. The molecule has 2 heterocycles. The summed E-state index contributed by atoms with van der Waals surface area (Å²) in [5, 5.41) is 6.43. The lowest BCUT2D eigenvalue weighted by Gasteiger charge is -2.29. The fraction of sp³-hybridized carbons (Fsp3) is 0.588. The van der Waals surface area contributed by atoms with Gasteiger partial charge in [0.25, 0.3) is 5.91 Å². The number of rotatable bonds is 6. The third-order valence-electron chi connectivity index (χ3n) is 4.44. The van der Waals surface area contributed by atoms with Crippen LogP contribution in [0.2, 0.25) is 0 Å². The molecule has 8 heteroatoms. The van der Waals surface area contributed by atoms with E-state index in [9.17, 15) is 18.0 Å². The van der Waals surface area contributed by atoms with Gasteiger partial charge in [0.05, 0.1) is 0 Å². The van der Waals surface area contributed by atoms with Crippen LogP contribution in [0.4, 0.5) is 13.2 Å². The van der Waals surface area contributed by atoms with Crippen molar-refractivity contribution in [2.45, 2.75) is 50.0 Å². The number of alkyl halides is 3. The fourth-order valence-electron chi connectivity index (χ4n) is 3.44. The van der Waals surface area contributed by atoms with Crippen molar-refractivity contribution < 1.29 is 27.4 Å². The van der Waals surface area contributed by atoms with Gasteiger partial charge in [-0.15, -0.1) is 0 Å². The standard InChI is InChI=1S/C17H21F3N2O3/c18-17(19,20)10-25-15-4-2-1-3-14(15)24-9-16(23)22-13-7-11-5-6-12(8-13)21-11/h1-4,11-13,21H,5-10H2,(H,22,23). The lowest BCUT2D eigenvalue weighted by molar-refractivity contribution is -0.153. The average molecular weight is 358 g/mol. The van der Waals surface area contributed by atoms with Gasteiger partial charge in [0.1, 0.15) is 0 Å². The number of carbonyl (C=O) groups excluding carboxylic acids is 1. The summed E-state index contributed by atoms with van der Waals surface area (Å²) in [7, 11) is 0. The summed E-state index contributed by atoms with van der Waals surface area (Å²) in [6.07, 6.45) is -0.366. The minimum absolute atomic E-state index is 0.0347. The number of benzene rings is 1. The van der Waals surface area contributed by atoms with E-state index in [-0.39, 0.29) is 30.1 Å². The molecule has 1 amide bonds. The molecule has 0 radical (unpaired) electrons. The number of piperidine rings is 1. The summed E-state index contributed by atoms with van der Waals surface area (Å²) in [6, 6.07) is 7.05. The molecule has 2 bridgehead atoms. The Morgan fingerprint density at radius 3 is 2.32 bits per heavy atom. The number of para-hydroxylation sites is 2. The molecule has 1 aromatic rings. The Kier molecular flexibility index (Phi) is 5.36. The topological polar surface area (TPSA) is 59.6 Å². The Bertz CT molecular complexity index is 597. The maximum absolute atomic E-state index is 12.3. The predicted molar refractivity (Wildman–Crippen MR) is 84.6 cm³/mol. The molecular formula is C17H21F3N2O3. The van der Waals surface area contributed by atoms with Crippen molar-refractivity contribution in [1.29, 1.82) is 0 Å². The molecule has 2 atom stereocenters. The van der Waals surface area contributed by atoms with E-state index in [0.717, 1.165) is 25.7 Å². The predicted octanol–water partition coefficient (Wildman–Crippen LogP) is 2.41. The molecule has 1 aromatic carbocycles. The van der Waals surface area contributed by atoms with Gasteiger partial charge in [-0.1, -0.05) is 12.1 Å². The van der Waals surface area contributed by atoms with Gasteiger partial charge in [-0.2, -0.15) is 13.2 Å². The van der Waals surface area contributed by atoms with Crippen LogP contribution in [-0.2, 0) is 4.79 Å². The first-order chi connectivity index (χ1) is 11.9. The zero-order valence-electron chi connectivity index (χ0n) is 13.6. The van der Waals surface area contributed by atoms with Crippen LogP contribution in [0.3, 0.4) is 0 Å². The summed E-state index contributed by atoms with van der Waals surface area (Å²) in [5.74, 6) is -0.197. The largest absolute Gasteiger partial charge is 0.480 e. The van der Waals surface area contributed by atoms with Gasteiger partial charge in [-0.25, -0.2) is 0 Å². The van der Waals surface area contributed by atoms with Crippen LogP contribution in [-0.4, -0.2) is 43.4 Å². The van der Waals surface area contributed by atoms with E-state index in [1.807, 2.05) is 0 Å². The van der Waals surface area contributed by atoms with Gasteiger partial charge in [-0.3, -0.25) is 4.79 Å². The summed E-state index contributed by atoms with van der Waals surface area (Å²) in [4.78, 5) is 12.1. The van der Waals surface area contributed by atoms with Gasteiger partial charge < -0.3 is 20.1 Å². The van der Waals surface area contributed by atoms with Crippen molar-refractivity contribution in [2.24, 2.45) is 0 Å². The second kappa shape index (κ2) is 7.51. The number of carbonyl (C=O) groups is 1. The Morgan fingerprint density at radius 1 is 1.12 bits per heavy atom. The molecule has 2 N–H and O–H groups in total. The second-order valence-electron chi connectivity index (χ2n) is 6.51. The van der Waals surface area contributed by atoms with Crippen LogP contribution in [0.5, 0.6) is 11.5 Å². The molecular weight excluding hydrogens is 337 g/mol.